The Morgan fingerprint density at radius 1 is 1.04 bits per heavy atom. The van der Waals surface area contributed by atoms with Crippen LogP contribution in [-0.2, 0) is 0 Å². The Morgan fingerprint density at radius 3 is 2.29 bits per heavy atom. The lowest BCUT2D eigenvalue weighted by molar-refractivity contribution is 0.112. The smallest absolute Gasteiger partial charge is 0.152 e. The van der Waals surface area contributed by atoms with E-state index in [1.165, 1.54) is 19.3 Å². The number of rotatable bonds is 13. The van der Waals surface area contributed by atoms with Gasteiger partial charge in [0.1, 0.15) is 5.75 Å². The summed E-state index contributed by atoms with van der Waals surface area (Å²) in [5.74, 6) is 1.59. The van der Waals surface area contributed by atoms with Crippen molar-refractivity contribution in [1.29, 1.82) is 0 Å². The van der Waals surface area contributed by atoms with Crippen LogP contribution in [0.2, 0.25) is 0 Å². The number of nitrogens with zero attached hydrogens (tertiary/aromatic N) is 1. The highest BCUT2D eigenvalue weighted by molar-refractivity contribution is 5.87. The molecule has 0 amide bonds. The summed E-state index contributed by atoms with van der Waals surface area (Å²) in [4.78, 5) is 13.8. The summed E-state index contributed by atoms with van der Waals surface area (Å²) in [7, 11) is 0. The van der Waals surface area contributed by atoms with Gasteiger partial charge in [0.25, 0.3) is 0 Å². The third kappa shape index (κ3) is 6.18. The zero-order chi connectivity index (χ0) is 17.8. The number of para-hydroxylation sites is 1. The summed E-state index contributed by atoms with van der Waals surface area (Å²) >= 11 is 0. The summed E-state index contributed by atoms with van der Waals surface area (Å²) in [6, 6.07) is 5.81. The molecule has 0 bridgehead atoms. The molecule has 0 aliphatic carbocycles. The first kappa shape index (κ1) is 20.5. The molecule has 0 saturated carbocycles. The van der Waals surface area contributed by atoms with Crippen LogP contribution in [0.4, 0.5) is 5.69 Å². The molecule has 1 atom stereocenters. The van der Waals surface area contributed by atoms with Crippen LogP contribution in [0.15, 0.2) is 18.2 Å². The van der Waals surface area contributed by atoms with Gasteiger partial charge in [-0.05, 0) is 37.3 Å². The van der Waals surface area contributed by atoms with E-state index in [9.17, 15) is 4.79 Å². The Labute approximate surface area is 148 Å². The van der Waals surface area contributed by atoms with Gasteiger partial charge in [-0.2, -0.15) is 0 Å². The number of anilines is 1. The van der Waals surface area contributed by atoms with E-state index >= 15 is 0 Å². The molecule has 0 saturated heterocycles. The molecular formula is C21H35NO2. The lowest BCUT2D eigenvalue weighted by Crippen LogP contribution is -2.26. The summed E-state index contributed by atoms with van der Waals surface area (Å²) in [6.45, 7) is 11.4. The van der Waals surface area contributed by atoms with Crippen molar-refractivity contribution in [2.75, 3.05) is 24.6 Å². The maximum atomic E-state index is 11.5. The van der Waals surface area contributed by atoms with Crippen molar-refractivity contribution in [3.63, 3.8) is 0 Å². The van der Waals surface area contributed by atoms with Crippen LogP contribution in [0.3, 0.4) is 0 Å². The molecule has 136 valence electrons. The van der Waals surface area contributed by atoms with E-state index in [0.717, 1.165) is 68.2 Å². The van der Waals surface area contributed by atoms with Crippen molar-refractivity contribution in [2.24, 2.45) is 5.92 Å². The fourth-order valence-electron chi connectivity index (χ4n) is 3.26. The van der Waals surface area contributed by atoms with Crippen molar-refractivity contribution >= 4 is 12.0 Å². The molecule has 0 aromatic heterocycles. The van der Waals surface area contributed by atoms with E-state index in [1.807, 2.05) is 18.2 Å². The van der Waals surface area contributed by atoms with E-state index in [0.29, 0.717) is 0 Å². The highest BCUT2D eigenvalue weighted by atomic mass is 16.5. The third-order valence-corrected chi connectivity index (χ3v) is 4.52. The molecule has 1 aromatic carbocycles. The van der Waals surface area contributed by atoms with Gasteiger partial charge in [-0.15, -0.1) is 0 Å². The van der Waals surface area contributed by atoms with Crippen molar-refractivity contribution in [3.8, 4) is 5.75 Å². The monoisotopic (exact) mass is 333 g/mol. The van der Waals surface area contributed by atoms with Crippen molar-refractivity contribution in [2.45, 2.75) is 66.2 Å². The van der Waals surface area contributed by atoms with Crippen LogP contribution in [0.1, 0.15) is 76.6 Å². The Balaban J connectivity index is 2.90. The lowest BCUT2D eigenvalue weighted by Gasteiger charge is -2.27. The van der Waals surface area contributed by atoms with E-state index in [1.54, 1.807) is 0 Å². The number of hydrogen-bond acceptors (Lipinski definition) is 3. The third-order valence-electron chi connectivity index (χ3n) is 4.52. The minimum atomic E-state index is 0.722. The van der Waals surface area contributed by atoms with Gasteiger partial charge in [-0.25, -0.2) is 0 Å². The van der Waals surface area contributed by atoms with Gasteiger partial charge in [-0.1, -0.05) is 53.0 Å². The number of aldehydes is 1. The van der Waals surface area contributed by atoms with Crippen LogP contribution in [0, 0.1) is 5.92 Å². The zero-order valence-corrected chi connectivity index (χ0v) is 16.0. The molecule has 1 aromatic rings. The minimum absolute atomic E-state index is 0.722. The molecule has 24 heavy (non-hydrogen) atoms. The normalized spacial score (nSPS) is 12.0. The topological polar surface area (TPSA) is 29.5 Å². The highest BCUT2D eigenvalue weighted by Gasteiger charge is 2.16. The van der Waals surface area contributed by atoms with Crippen LogP contribution in [0.25, 0.3) is 0 Å². The van der Waals surface area contributed by atoms with Crippen LogP contribution in [0.5, 0.6) is 5.75 Å². The predicted molar refractivity (Wildman–Crippen MR) is 103 cm³/mol. The number of benzene rings is 1. The van der Waals surface area contributed by atoms with Gasteiger partial charge in [0.05, 0.1) is 12.3 Å². The molecule has 3 nitrogen and oxygen atoms in total. The molecule has 1 rings (SSSR count). The average molecular weight is 334 g/mol. The van der Waals surface area contributed by atoms with Crippen LogP contribution < -0.4 is 9.64 Å². The number of hydrogen-bond donors (Lipinski definition) is 0. The molecule has 0 aliphatic rings. The second-order valence-corrected chi connectivity index (χ2v) is 6.50. The van der Waals surface area contributed by atoms with Crippen molar-refractivity contribution in [1.82, 2.24) is 0 Å². The van der Waals surface area contributed by atoms with Gasteiger partial charge in [-0.3, -0.25) is 4.79 Å². The summed E-state index contributed by atoms with van der Waals surface area (Å²) in [5, 5.41) is 0. The first-order chi connectivity index (χ1) is 11.7. The number of ether oxygens (including phenoxy) is 1. The molecule has 0 N–H and O–H groups in total. The summed E-state index contributed by atoms with van der Waals surface area (Å²) in [6.07, 6.45) is 7.84. The van der Waals surface area contributed by atoms with E-state index in [-0.39, 0.29) is 0 Å². The van der Waals surface area contributed by atoms with Gasteiger partial charge in [0, 0.05) is 18.7 Å². The second-order valence-electron chi connectivity index (χ2n) is 6.50. The van der Waals surface area contributed by atoms with Crippen LogP contribution in [-0.4, -0.2) is 26.0 Å². The quantitative estimate of drug-likeness (QED) is 0.432. The molecule has 1 unspecified atom stereocenters. The maximum absolute atomic E-state index is 11.5. The summed E-state index contributed by atoms with van der Waals surface area (Å²) < 4.78 is 6.13. The van der Waals surface area contributed by atoms with Crippen molar-refractivity contribution < 1.29 is 9.53 Å². The molecule has 0 fully saturated rings. The molecule has 0 heterocycles. The Morgan fingerprint density at radius 2 is 1.75 bits per heavy atom. The Hall–Kier alpha value is -1.51. The maximum Gasteiger partial charge on any atom is 0.152 e. The second kappa shape index (κ2) is 11.9. The van der Waals surface area contributed by atoms with Gasteiger partial charge >= 0.3 is 0 Å². The molecular weight excluding hydrogens is 298 g/mol. The Kier molecular flexibility index (Phi) is 10.2. The fraction of sp³-hybridized carbons (Fsp3) is 0.667. The molecule has 0 aliphatic heterocycles. The standard InChI is InChI=1S/C21H35NO2/c1-5-10-18(8-4)13-16-24-20-12-9-11-19(17-23)21(20)22(14-6-2)15-7-3/h9,11-12,17-18H,5-8,10,13-16H2,1-4H3. The first-order valence-corrected chi connectivity index (χ1v) is 9.67. The largest absolute Gasteiger partial charge is 0.491 e. The molecule has 3 heteroatoms. The molecule has 0 spiro atoms. The average Bonchev–Trinajstić information content (AvgIpc) is 2.60. The lowest BCUT2D eigenvalue weighted by atomic mass is 9.98. The van der Waals surface area contributed by atoms with Gasteiger partial charge in [0.15, 0.2) is 6.29 Å². The van der Waals surface area contributed by atoms with Gasteiger partial charge in [0.2, 0.25) is 0 Å². The summed E-state index contributed by atoms with van der Waals surface area (Å²) in [5.41, 5.74) is 1.70. The Bertz CT molecular complexity index is 467. The fourth-order valence-corrected chi connectivity index (χ4v) is 3.26. The molecule has 0 radical (unpaired) electrons. The number of carbonyl (C=O) groups excluding carboxylic acids is 1. The van der Waals surface area contributed by atoms with E-state index < -0.39 is 0 Å². The first-order valence-electron chi connectivity index (χ1n) is 9.67. The predicted octanol–water partition coefficient (Wildman–Crippen LogP) is 5.72. The number of carbonyl (C=O) groups is 1. The van der Waals surface area contributed by atoms with Gasteiger partial charge < -0.3 is 9.64 Å². The minimum Gasteiger partial charge on any atom is -0.491 e. The zero-order valence-electron chi connectivity index (χ0n) is 16.0. The van der Waals surface area contributed by atoms with Crippen LogP contribution >= 0.6 is 0 Å². The van der Waals surface area contributed by atoms with E-state index in [2.05, 4.69) is 32.6 Å². The highest BCUT2D eigenvalue weighted by Crippen LogP contribution is 2.32. The SMILES string of the molecule is CCCC(CC)CCOc1cccc(C=O)c1N(CCC)CCC. The van der Waals surface area contributed by atoms with Crippen molar-refractivity contribution in [3.05, 3.63) is 23.8 Å². The van der Waals surface area contributed by atoms with E-state index in [4.69, 9.17) is 4.74 Å².